The molecule has 5 heteroatoms. The van der Waals surface area contributed by atoms with Gasteiger partial charge in [0.1, 0.15) is 17.3 Å². The van der Waals surface area contributed by atoms with E-state index in [1.807, 2.05) is 0 Å². The highest BCUT2D eigenvalue weighted by molar-refractivity contribution is 6.30. The third-order valence-corrected chi connectivity index (χ3v) is 3.89. The van der Waals surface area contributed by atoms with Gasteiger partial charge >= 0.3 is 0 Å². The summed E-state index contributed by atoms with van der Waals surface area (Å²) in [5.41, 5.74) is 1.07. The van der Waals surface area contributed by atoms with Crippen molar-refractivity contribution in [2.24, 2.45) is 0 Å². The minimum atomic E-state index is 0.340. The molecule has 1 saturated heterocycles. The molecule has 18 heavy (non-hydrogen) atoms. The van der Waals surface area contributed by atoms with Crippen molar-refractivity contribution in [2.45, 2.75) is 32.2 Å². The Morgan fingerprint density at radius 2 is 2.11 bits per heavy atom. The van der Waals surface area contributed by atoms with E-state index in [0.29, 0.717) is 17.1 Å². The Morgan fingerprint density at radius 1 is 1.39 bits per heavy atom. The van der Waals surface area contributed by atoms with Crippen molar-refractivity contribution in [1.82, 2.24) is 14.9 Å². The SMILES string of the molecule is CC(C)c1c(Cl)ncnc1N1CCC(N(C)C)C1. The lowest BCUT2D eigenvalue weighted by atomic mass is 10.1. The van der Waals surface area contributed by atoms with E-state index in [2.05, 4.69) is 47.7 Å². The first-order chi connectivity index (χ1) is 8.50. The lowest BCUT2D eigenvalue weighted by Gasteiger charge is -2.24. The molecular formula is C13H21ClN4. The molecule has 0 radical (unpaired) electrons. The van der Waals surface area contributed by atoms with Gasteiger partial charge < -0.3 is 9.80 Å². The van der Waals surface area contributed by atoms with Gasteiger partial charge in [0.2, 0.25) is 0 Å². The van der Waals surface area contributed by atoms with Crippen molar-refractivity contribution in [3.63, 3.8) is 0 Å². The zero-order valence-electron chi connectivity index (χ0n) is 11.5. The number of hydrogen-bond donors (Lipinski definition) is 0. The Morgan fingerprint density at radius 3 is 2.67 bits per heavy atom. The Hall–Kier alpha value is -0.870. The summed E-state index contributed by atoms with van der Waals surface area (Å²) in [5, 5.41) is 0.586. The number of rotatable bonds is 3. The number of hydrogen-bond acceptors (Lipinski definition) is 4. The van der Waals surface area contributed by atoms with Gasteiger partial charge in [0.25, 0.3) is 0 Å². The predicted octanol–water partition coefficient (Wildman–Crippen LogP) is 2.39. The molecule has 2 heterocycles. The molecule has 0 amide bonds. The van der Waals surface area contributed by atoms with Crippen molar-refractivity contribution in [2.75, 3.05) is 32.1 Å². The average molecular weight is 269 g/mol. The Kier molecular flexibility index (Phi) is 4.07. The lowest BCUT2D eigenvalue weighted by molar-refractivity contribution is 0.315. The molecule has 4 nitrogen and oxygen atoms in total. The first kappa shape index (κ1) is 13.6. The van der Waals surface area contributed by atoms with Gasteiger partial charge in [-0.15, -0.1) is 0 Å². The second-order valence-electron chi connectivity index (χ2n) is 5.41. The smallest absolute Gasteiger partial charge is 0.138 e. The highest BCUT2D eigenvalue weighted by Gasteiger charge is 2.27. The van der Waals surface area contributed by atoms with Gasteiger partial charge in [0.15, 0.2) is 0 Å². The summed E-state index contributed by atoms with van der Waals surface area (Å²) in [6, 6.07) is 0.596. The van der Waals surface area contributed by atoms with Crippen molar-refractivity contribution in [1.29, 1.82) is 0 Å². The van der Waals surface area contributed by atoms with Crippen molar-refractivity contribution < 1.29 is 0 Å². The van der Waals surface area contributed by atoms with Gasteiger partial charge in [-0.3, -0.25) is 0 Å². The summed E-state index contributed by atoms with van der Waals surface area (Å²) in [7, 11) is 4.26. The van der Waals surface area contributed by atoms with Crippen molar-refractivity contribution >= 4 is 17.4 Å². The standard InChI is InChI=1S/C13H21ClN4/c1-9(2)11-12(14)15-8-16-13(11)18-6-5-10(7-18)17(3)4/h8-10H,5-7H2,1-4H3. The molecule has 0 bridgehead atoms. The maximum absolute atomic E-state index is 6.21. The summed E-state index contributed by atoms with van der Waals surface area (Å²) >= 11 is 6.21. The summed E-state index contributed by atoms with van der Waals surface area (Å²) in [6.07, 6.45) is 2.73. The second-order valence-corrected chi connectivity index (χ2v) is 5.77. The van der Waals surface area contributed by atoms with Crippen molar-refractivity contribution in [3.05, 3.63) is 17.0 Å². The van der Waals surface area contributed by atoms with Crippen LogP contribution in [0.2, 0.25) is 5.15 Å². The molecule has 0 saturated carbocycles. The van der Waals surface area contributed by atoms with E-state index in [-0.39, 0.29) is 0 Å². The minimum absolute atomic E-state index is 0.340. The summed E-state index contributed by atoms with van der Waals surface area (Å²) in [5.74, 6) is 1.35. The van der Waals surface area contributed by atoms with E-state index >= 15 is 0 Å². The molecule has 2 rings (SSSR count). The van der Waals surface area contributed by atoms with Gasteiger partial charge in [-0.25, -0.2) is 9.97 Å². The fourth-order valence-corrected chi connectivity index (χ4v) is 2.82. The Bertz CT molecular complexity index is 419. The van der Waals surface area contributed by atoms with E-state index in [4.69, 9.17) is 11.6 Å². The molecule has 1 aliphatic heterocycles. The molecule has 1 fully saturated rings. The molecule has 1 aliphatic rings. The molecule has 1 atom stereocenters. The van der Waals surface area contributed by atoms with Gasteiger partial charge in [-0.2, -0.15) is 0 Å². The zero-order chi connectivity index (χ0) is 13.3. The molecule has 100 valence electrons. The summed E-state index contributed by atoms with van der Waals surface area (Å²) in [4.78, 5) is 13.2. The van der Waals surface area contributed by atoms with Gasteiger partial charge in [-0.05, 0) is 26.4 Å². The van der Waals surface area contributed by atoms with Crippen LogP contribution < -0.4 is 4.90 Å². The number of likely N-dealkylation sites (N-methyl/N-ethyl adjacent to an activating group) is 1. The van der Waals surface area contributed by atoms with Crippen LogP contribution in [0.15, 0.2) is 6.33 Å². The fraction of sp³-hybridized carbons (Fsp3) is 0.692. The van der Waals surface area contributed by atoms with Crippen LogP contribution in [0.25, 0.3) is 0 Å². The van der Waals surface area contributed by atoms with Crippen LogP contribution in [0.4, 0.5) is 5.82 Å². The van der Waals surface area contributed by atoms with Crippen LogP contribution in [-0.2, 0) is 0 Å². The molecule has 0 spiro atoms. The Labute approximate surface area is 114 Å². The largest absolute Gasteiger partial charge is 0.355 e. The van der Waals surface area contributed by atoms with Crippen LogP contribution in [0, 0.1) is 0 Å². The third-order valence-electron chi connectivity index (χ3n) is 3.58. The van der Waals surface area contributed by atoms with E-state index in [1.165, 1.54) is 6.42 Å². The molecule has 0 aromatic carbocycles. The first-order valence-electron chi connectivity index (χ1n) is 6.42. The van der Waals surface area contributed by atoms with E-state index < -0.39 is 0 Å². The normalized spacial score (nSPS) is 20.2. The van der Waals surface area contributed by atoms with E-state index in [1.54, 1.807) is 6.33 Å². The molecular weight excluding hydrogens is 248 g/mol. The fourth-order valence-electron chi connectivity index (χ4n) is 2.47. The molecule has 0 aliphatic carbocycles. The highest BCUT2D eigenvalue weighted by Crippen LogP contribution is 2.32. The molecule has 1 unspecified atom stereocenters. The lowest BCUT2D eigenvalue weighted by Crippen LogP contribution is -2.32. The summed E-state index contributed by atoms with van der Waals surface area (Å²) < 4.78 is 0. The predicted molar refractivity (Wildman–Crippen MR) is 75.4 cm³/mol. The van der Waals surface area contributed by atoms with Gasteiger partial charge in [0.05, 0.1) is 0 Å². The summed E-state index contributed by atoms with van der Waals surface area (Å²) in [6.45, 7) is 6.32. The quantitative estimate of drug-likeness (QED) is 0.788. The molecule has 1 aromatic heterocycles. The number of aromatic nitrogens is 2. The minimum Gasteiger partial charge on any atom is -0.355 e. The average Bonchev–Trinajstić information content (AvgIpc) is 2.77. The van der Waals surface area contributed by atoms with Crippen LogP contribution >= 0.6 is 11.6 Å². The second kappa shape index (κ2) is 5.41. The number of halogens is 1. The van der Waals surface area contributed by atoms with Crippen molar-refractivity contribution in [3.8, 4) is 0 Å². The van der Waals surface area contributed by atoms with Gasteiger partial charge in [0, 0.05) is 24.7 Å². The maximum atomic E-state index is 6.21. The van der Waals surface area contributed by atoms with Crippen LogP contribution in [0.1, 0.15) is 31.7 Å². The van der Waals surface area contributed by atoms with E-state index in [0.717, 1.165) is 24.5 Å². The topological polar surface area (TPSA) is 32.3 Å². The van der Waals surface area contributed by atoms with Crippen LogP contribution in [-0.4, -0.2) is 48.1 Å². The number of nitrogens with zero attached hydrogens (tertiary/aromatic N) is 4. The Balaban J connectivity index is 2.27. The third kappa shape index (κ3) is 2.59. The van der Waals surface area contributed by atoms with Crippen LogP contribution in [0.5, 0.6) is 0 Å². The first-order valence-corrected chi connectivity index (χ1v) is 6.80. The maximum Gasteiger partial charge on any atom is 0.138 e. The van der Waals surface area contributed by atoms with Crippen LogP contribution in [0.3, 0.4) is 0 Å². The molecule has 1 aromatic rings. The zero-order valence-corrected chi connectivity index (χ0v) is 12.3. The molecule has 0 N–H and O–H groups in total. The highest BCUT2D eigenvalue weighted by atomic mass is 35.5. The monoisotopic (exact) mass is 268 g/mol. The number of anilines is 1. The van der Waals surface area contributed by atoms with E-state index in [9.17, 15) is 0 Å². The van der Waals surface area contributed by atoms with Gasteiger partial charge in [-0.1, -0.05) is 25.4 Å².